The van der Waals surface area contributed by atoms with Crippen LogP contribution in [0.25, 0.3) is 0 Å². The van der Waals surface area contributed by atoms with Gasteiger partial charge in [0.1, 0.15) is 0 Å². The fraction of sp³-hybridized carbons (Fsp3) is 0.550. The molecule has 1 aliphatic heterocycles. The molecule has 0 aromatic heterocycles. The second-order valence-electron chi connectivity index (χ2n) is 6.73. The lowest BCUT2D eigenvalue weighted by Crippen LogP contribution is -2.36. The summed E-state index contributed by atoms with van der Waals surface area (Å²) < 4.78 is 31.3. The number of aliphatic hydroxyl groups is 1. The third kappa shape index (κ3) is 5.53. The van der Waals surface area contributed by atoms with Crippen LogP contribution in [-0.4, -0.2) is 48.6 Å². The molecule has 156 valence electrons. The fourth-order valence-electron chi connectivity index (χ4n) is 3.11. The van der Waals surface area contributed by atoms with E-state index in [0.717, 1.165) is 5.56 Å². The van der Waals surface area contributed by atoms with Gasteiger partial charge in [-0.1, -0.05) is 30.7 Å². The smallest absolute Gasteiger partial charge is 0.262 e. The van der Waals surface area contributed by atoms with E-state index in [-0.39, 0.29) is 12.1 Å². The summed E-state index contributed by atoms with van der Waals surface area (Å²) in [6.07, 6.45) is 4.20. The van der Waals surface area contributed by atoms with Crippen molar-refractivity contribution in [2.75, 3.05) is 19.4 Å². The Labute approximate surface area is 172 Å². The molecule has 4 atom stereocenters. The van der Waals surface area contributed by atoms with E-state index >= 15 is 0 Å². The number of hydrogen-bond acceptors (Lipinski definition) is 6. The minimum atomic E-state index is -3.60. The van der Waals surface area contributed by atoms with Gasteiger partial charge in [-0.25, -0.2) is 0 Å². The van der Waals surface area contributed by atoms with Crippen LogP contribution in [0.2, 0.25) is 5.02 Å². The molecule has 0 aliphatic carbocycles. The molecule has 0 fully saturated rings. The summed E-state index contributed by atoms with van der Waals surface area (Å²) >= 11 is 6.01. The molecule has 1 aromatic rings. The average Bonchev–Trinajstić information content (AvgIpc) is 3.10. The van der Waals surface area contributed by atoms with Crippen molar-refractivity contribution >= 4 is 25.2 Å². The number of allylic oxidation sites excluding steroid dienone is 1. The van der Waals surface area contributed by atoms with E-state index in [1.807, 2.05) is 19.1 Å². The van der Waals surface area contributed by atoms with Crippen molar-refractivity contribution in [1.29, 1.82) is 0 Å². The molecule has 1 N–H and O–H groups in total. The van der Waals surface area contributed by atoms with Gasteiger partial charge in [-0.05, 0) is 50.6 Å². The summed E-state index contributed by atoms with van der Waals surface area (Å²) in [6.45, 7) is 7.69. The van der Waals surface area contributed by atoms with Crippen LogP contribution in [0.4, 0.5) is 0 Å². The minimum Gasteiger partial charge on any atom is -0.393 e. The van der Waals surface area contributed by atoms with Gasteiger partial charge in [0.25, 0.3) is 7.37 Å². The van der Waals surface area contributed by atoms with E-state index in [1.165, 1.54) is 0 Å². The Morgan fingerprint density at radius 1 is 1.18 bits per heavy atom. The van der Waals surface area contributed by atoms with Gasteiger partial charge in [-0.2, -0.15) is 0 Å². The molecule has 28 heavy (non-hydrogen) atoms. The van der Waals surface area contributed by atoms with E-state index in [9.17, 15) is 9.67 Å². The molecule has 6 nitrogen and oxygen atoms in total. The van der Waals surface area contributed by atoms with Gasteiger partial charge < -0.3 is 14.6 Å². The van der Waals surface area contributed by atoms with E-state index in [2.05, 4.69) is 4.99 Å². The Balaban J connectivity index is 2.42. The summed E-state index contributed by atoms with van der Waals surface area (Å²) in [5.74, 6) is -0.258. The third-order valence-electron chi connectivity index (χ3n) is 4.45. The summed E-state index contributed by atoms with van der Waals surface area (Å²) in [5.41, 5.74) is -0.258. The Kier molecular flexibility index (Phi) is 8.44. The Hall–Kier alpha value is -1.01. The lowest BCUT2D eigenvalue weighted by Gasteiger charge is -2.37. The lowest BCUT2D eigenvalue weighted by molar-refractivity contribution is -0.0942. The van der Waals surface area contributed by atoms with Crippen LogP contribution >= 0.6 is 19.0 Å². The maximum absolute atomic E-state index is 13.9. The number of halogens is 1. The van der Waals surface area contributed by atoms with Crippen LogP contribution in [0.3, 0.4) is 0 Å². The average molecular weight is 430 g/mol. The highest BCUT2D eigenvalue weighted by atomic mass is 35.5. The Morgan fingerprint density at radius 2 is 1.79 bits per heavy atom. The van der Waals surface area contributed by atoms with Crippen molar-refractivity contribution < 1.29 is 23.7 Å². The van der Waals surface area contributed by atoms with Crippen molar-refractivity contribution in [1.82, 2.24) is 0 Å². The highest BCUT2D eigenvalue weighted by Crippen LogP contribution is 2.59. The molecule has 1 aliphatic rings. The number of nitrogens with zero attached hydrogens (tertiary/aromatic N) is 1. The first-order valence-corrected chi connectivity index (χ1v) is 11.7. The molecule has 4 unspecified atom stereocenters. The molecular weight excluding hydrogens is 401 g/mol. The van der Waals surface area contributed by atoms with Gasteiger partial charge in [-0.15, -0.1) is 0 Å². The molecule has 0 amide bonds. The van der Waals surface area contributed by atoms with E-state index < -0.39 is 25.2 Å². The molecule has 2 rings (SSSR count). The third-order valence-corrected chi connectivity index (χ3v) is 7.28. The zero-order valence-electron chi connectivity index (χ0n) is 16.7. The molecule has 0 radical (unpaired) electrons. The maximum Gasteiger partial charge on any atom is 0.262 e. The highest BCUT2D eigenvalue weighted by molar-refractivity contribution is 7.59. The first-order chi connectivity index (χ1) is 13.3. The Bertz CT molecular complexity index is 717. The van der Waals surface area contributed by atoms with Gasteiger partial charge in [0.15, 0.2) is 5.72 Å². The topological polar surface area (TPSA) is 77.4 Å². The monoisotopic (exact) mass is 429 g/mol. The quantitative estimate of drug-likeness (QED) is 0.403. The summed E-state index contributed by atoms with van der Waals surface area (Å²) in [4.78, 5) is 4.50. The fourth-order valence-corrected chi connectivity index (χ4v) is 5.81. The molecule has 0 saturated heterocycles. The first kappa shape index (κ1) is 23.3. The molecule has 8 heteroatoms. The van der Waals surface area contributed by atoms with E-state index in [0.29, 0.717) is 18.2 Å². The molecule has 0 saturated carbocycles. The highest BCUT2D eigenvalue weighted by Gasteiger charge is 2.48. The Morgan fingerprint density at radius 3 is 2.25 bits per heavy atom. The first-order valence-electron chi connectivity index (χ1n) is 9.45. The molecule has 1 aromatic carbocycles. The maximum atomic E-state index is 13.9. The molecule has 0 bridgehead atoms. The zero-order valence-corrected chi connectivity index (χ0v) is 18.4. The standard InChI is InChI=1S/C20H29ClNO5P/c1-5-25-19(26-6-2)28(24,14-15(3)23)27-20(12-7-13-22-20)16(4)17-8-10-18(21)11-9-17/h7-13,15-16,19,23H,5-6,14H2,1-4H3. The lowest BCUT2D eigenvalue weighted by atomic mass is 9.91. The van der Waals surface area contributed by atoms with Gasteiger partial charge >= 0.3 is 0 Å². The van der Waals surface area contributed by atoms with Gasteiger partial charge in [0.05, 0.1) is 12.3 Å². The summed E-state index contributed by atoms with van der Waals surface area (Å²) in [7, 11) is -3.60. The number of aliphatic hydroxyl groups excluding tert-OH is 1. The number of benzene rings is 1. The molecule has 0 spiro atoms. The van der Waals surface area contributed by atoms with E-state index in [4.69, 9.17) is 25.6 Å². The van der Waals surface area contributed by atoms with Crippen LogP contribution in [-0.2, 0) is 18.6 Å². The van der Waals surface area contributed by atoms with Gasteiger partial charge in [0, 0.05) is 30.4 Å². The number of ether oxygens (including phenoxy) is 2. The van der Waals surface area contributed by atoms with Crippen LogP contribution in [0, 0.1) is 0 Å². The van der Waals surface area contributed by atoms with Crippen molar-refractivity contribution in [2.45, 2.75) is 51.5 Å². The van der Waals surface area contributed by atoms with Crippen molar-refractivity contribution in [2.24, 2.45) is 4.99 Å². The predicted molar refractivity (Wildman–Crippen MR) is 113 cm³/mol. The van der Waals surface area contributed by atoms with Crippen molar-refractivity contribution in [3.8, 4) is 0 Å². The number of rotatable bonds is 11. The number of aliphatic imine (C=N–C) groups is 1. The molecule has 1 heterocycles. The van der Waals surface area contributed by atoms with Gasteiger partial charge in [-0.3, -0.25) is 14.1 Å². The second-order valence-corrected chi connectivity index (χ2v) is 9.59. The van der Waals surface area contributed by atoms with Crippen LogP contribution in [0.1, 0.15) is 39.2 Å². The van der Waals surface area contributed by atoms with Crippen molar-refractivity contribution in [3.63, 3.8) is 0 Å². The van der Waals surface area contributed by atoms with Crippen molar-refractivity contribution in [3.05, 3.63) is 47.0 Å². The summed E-state index contributed by atoms with van der Waals surface area (Å²) in [5, 5.41) is 10.6. The largest absolute Gasteiger partial charge is 0.393 e. The SMILES string of the molecule is CCOC(OCC)P(=O)(CC(C)O)OC1(C(C)c2ccc(Cl)cc2)C=CC=N1. The number of hydrogen-bond donors (Lipinski definition) is 1. The van der Waals surface area contributed by atoms with Gasteiger partial charge in [0.2, 0.25) is 6.03 Å². The van der Waals surface area contributed by atoms with Crippen LogP contribution < -0.4 is 0 Å². The van der Waals surface area contributed by atoms with Crippen LogP contribution in [0.5, 0.6) is 0 Å². The van der Waals surface area contributed by atoms with E-state index in [1.54, 1.807) is 51.3 Å². The summed E-state index contributed by atoms with van der Waals surface area (Å²) in [6, 6.07) is 6.30. The zero-order chi connectivity index (χ0) is 20.8. The molecular formula is C20H29ClNO5P. The van der Waals surface area contributed by atoms with Crippen LogP contribution in [0.15, 0.2) is 41.4 Å². The minimum absolute atomic E-state index is 0.101. The predicted octanol–water partition coefficient (Wildman–Crippen LogP) is 4.81. The normalized spacial score (nSPS) is 23.1. The second kappa shape index (κ2) is 10.1.